The molecule has 0 aliphatic heterocycles. The number of nitrogens with zero attached hydrogens (tertiary/aromatic N) is 1. The van der Waals surface area contributed by atoms with Gasteiger partial charge in [-0.25, -0.2) is 14.2 Å². The van der Waals surface area contributed by atoms with Gasteiger partial charge in [0.1, 0.15) is 17.4 Å². The predicted octanol–water partition coefficient (Wildman–Crippen LogP) is 4.45. The lowest BCUT2D eigenvalue weighted by Crippen LogP contribution is -2.04. The number of carbonyl (C=O) groups is 1. The lowest BCUT2D eigenvalue weighted by atomic mass is 10.2. The maximum Gasteiger partial charge on any atom is 0.338 e. The van der Waals surface area contributed by atoms with Crippen molar-refractivity contribution in [2.45, 2.75) is 0 Å². The molecule has 2 aromatic carbocycles. The fraction of sp³-hybridized carbons (Fsp3) is 0.0588. The van der Waals surface area contributed by atoms with Gasteiger partial charge in [-0.05, 0) is 30.3 Å². The van der Waals surface area contributed by atoms with Gasteiger partial charge in [-0.15, -0.1) is 11.3 Å². The van der Waals surface area contributed by atoms with Crippen molar-refractivity contribution in [2.75, 3.05) is 6.61 Å². The minimum Gasteiger partial charge on any atom is -0.458 e. The molecule has 3 nitrogen and oxygen atoms in total. The van der Waals surface area contributed by atoms with Gasteiger partial charge in [-0.3, -0.25) is 0 Å². The van der Waals surface area contributed by atoms with Crippen molar-refractivity contribution in [1.82, 2.24) is 4.98 Å². The molecule has 3 rings (SSSR count). The minimum atomic E-state index is -0.414. The van der Waals surface area contributed by atoms with Gasteiger partial charge in [0.05, 0.1) is 15.8 Å². The second-order valence-corrected chi connectivity index (χ2v) is 5.60. The zero-order valence-corrected chi connectivity index (χ0v) is 12.4. The number of esters is 1. The molecule has 110 valence electrons. The largest absolute Gasteiger partial charge is 0.458 e. The van der Waals surface area contributed by atoms with E-state index in [0.717, 1.165) is 10.2 Å². The van der Waals surface area contributed by atoms with Crippen LogP contribution in [0.2, 0.25) is 0 Å². The Balaban J connectivity index is 1.99. The van der Waals surface area contributed by atoms with E-state index in [1.165, 1.54) is 23.5 Å². The number of benzene rings is 2. The van der Waals surface area contributed by atoms with Crippen LogP contribution in [0, 0.1) is 5.82 Å². The number of hydrogen-bond acceptors (Lipinski definition) is 4. The normalized spacial score (nSPS) is 10.6. The number of rotatable bonds is 4. The molecule has 0 radical (unpaired) electrons. The summed E-state index contributed by atoms with van der Waals surface area (Å²) in [5.41, 5.74) is 1.63. The van der Waals surface area contributed by atoms with Crippen LogP contribution in [0.25, 0.3) is 20.8 Å². The Morgan fingerprint density at radius 2 is 2.14 bits per heavy atom. The number of hydrogen-bond donors (Lipinski definition) is 0. The number of ether oxygens (including phenoxy) is 1. The quantitative estimate of drug-likeness (QED) is 0.528. The first-order valence-electron chi connectivity index (χ1n) is 6.62. The molecule has 1 heterocycles. The molecule has 1 aromatic heterocycles. The van der Waals surface area contributed by atoms with Crippen LogP contribution in [0.4, 0.5) is 4.39 Å². The van der Waals surface area contributed by atoms with Crippen molar-refractivity contribution in [3.8, 4) is 10.6 Å². The Hall–Kier alpha value is -2.53. The zero-order chi connectivity index (χ0) is 15.5. The Bertz CT molecular complexity index is 857. The Kier molecular flexibility index (Phi) is 3.98. The summed E-state index contributed by atoms with van der Waals surface area (Å²) in [5, 5.41) is 0.588. The fourth-order valence-corrected chi connectivity index (χ4v) is 3.05. The van der Waals surface area contributed by atoms with E-state index < -0.39 is 5.97 Å². The highest BCUT2D eigenvalue weighted by molar-refractivity contribution is 7.21. The second-order valence-electron chi connectivity index (χ2n) is 4.57. The minimum absolute atomic E-state index is 0.167. The monoisotopic (exact) mass is 313 g/mol. The predicted molar refractivity (Wildman–Crippen MR) is 85.5 cm³/mol. The molecule has 0 fully saturated rings. The number of carbonyl (C=O) groups excluding carboxylic acids is 1. The van der Waals surface area contributed by atoms with Crippen molar-refractivity contribution < 1.29 is 13.9 Å². The van der Waals surface area contributed by atoms with E-state index >= 15 is 0 Å². The standard InChI is InChI=1S/C17H12FNO2S/c1-2-9-21-17(20)11-7-8-14-15(10-11)22-16(19-14)12-5-3-4-6-13(12)18/h2-8,10H,1,9H2. The van der Waals surface area contributed by atoms with Crippen LogP contribution in [-0.2, 0) is 4.74 Å². The van der Waals surface area contributed by atoms with Crippen LogP contribution < -0.4 is 0 Å². The SMILES string of the molecule is C=CCOC(=O)c1ccc2nc(-c3ccccc3F)sc2c1. The van der Waals surface area contributed by atoms with Gasteiger partial charge in [0.2, 0.25) is 0 Å². The molecule has 0 atom stereocenters. The van der Waals surface area contributed by atoms with Gasteiger partial charge in [-0.1, -0.05) is 24.8 Å². The highest BCUT2D eigenvalue weighted by Gasteiger charge is 2.13. The molecule has 0 unspecified atom stereocenters. The Morgan fingerprint density at radius 1 is 1.32 bits per heavy atom. The molecule has 0 bridgehead atoms. The molecule has 0 aliphatic rings. The fourth-order valence-electron chi connectivity index (χ4n) is 2.02. The van der Waals surface area contributed by atoms with Gasteiger partial charge in [0.15, 0.2) is 0 Å². The van der Waals surface area contributed by atoms with E-state index in [9.17, 15) is 9.18 Å². The van der Waals surface area contributed by atoms with Gasteiger partial charge in [0.25, 0.3) is 0 Å². The van der Waals surface area contributed by atoms with Crippen LogP contribution in [0.15, 0.2) is 55.1 Å². The molecule has 0 N–H and O–H groups in total. The first-order valence-corrected chi connectivity index (χ1v) is 7.44. The number of halogens is 1. The molecule has 22 heavy (non-hydrogen) atoms. The van der Waals surface area contributed by atoms with E-state index in [1.54, 1.807) is 36.4 Å². The molecule has 5 heteroatoms. The molecule has 0 spiro atoms. The third kappa shape index (κ3) is 2.76. The molecular weight excluding hydrogens is 301 g/mol. The van der Waals surface area contributed by atoms with Crippen LogP contribution in [0.5, 0.6) is 0 Å². The topological polar surface area (TPSA) is 39.2 Å². The van der Waals surface area contributed by atoms with Gasteiger partial charge in [0, 0.05) is 5.56 Å². The highest BCUT2D eigenvalue weighted by atomic mass is 32.1. The van der Waals surface area contributed by atoms with Gasteiger partial charge in [-0.2, -0.15) is 0 Å². The average Bonchev–Trinajstić information content (AvgIpc) is 2.95. The smallest absolute Gasteiger partial charge is 0.338 e. The van der Waals surface area contributed by atoms with Gasteiger partial charge >= 0.3 is 5.97 Å². The number of thiazole rings is 1. The van der Waals surface area contributed by atoms with Crippen molar-refractivity contribution in [1.29, 1.82) is 0 Å². The molecule has 0 saturated heterocycles. The summed E-state index contributed by atoms with van der Waals surface area (Å²) in [5.74, 6) is -0.727. The maximum absolute atomic E-state index is 13.8. The summed E-state index contributed by atoms with van der Waals surface area (Å²) >= 11 is 1.34. The first kappa shape index (κ1) is 14.4. The summed E-state index contributed by atoms with van der Waals surface area (Å²) in [7, 11) is 0. The zero-order valence-electron chi connectivity index (χ0n) is 11.6. The third-order valence-electron chi connectivity index (χ3n) is 3.06. The molecule has 3 aromatic rings. The molecular formula is C17H12FNO2S. The summed E-state index contributed by atoms with van der Waals surface area (Å²) < 4.78 is 19.6. The molecule has 0 amide bonds. The Morgan fingerprint density at radius 3 is 2.91 bits per heavy atom. The molecule has 0 saturated carbocycles. The van der Waals surface area contributed by atoms with Crippen molar-refractivity contribution in [3.05, 3.63) is 66.5 Å². The van der Waals surface area contributed by atoms with Gasteiger partial charge < -0.3 is 4.74 Å². The summed E-state index contributed by atoms with van der Waals surface area (Å²) in [6.45, 7) is 3.67. The Labute approximate surface area is 130 Å². The van der Waals surface area contributed by atoms with E-state index in [4.69, 9.17) is 4.74 Å². The van der Waals surface area contributed by atoms with E-state index in [0.29, 0.717) is 16.1 Å². The van der Waals surface area contributed by atoms with Crippen LogP contribution in [0.1, 0.15) is 10.4 Å². The summed E-state index contributed by atoms with van der Waals surface area (Å²) in [6, 6.07) is 11.6. The summed E-state index contributed by atoms with van der Waals surface area (Å²) in [6.07, 6.45) is 1.51. The summed E-state index contributed by atoms with van der Waals surface area (Å²) in [4.78, 5) is 16.2. The lowest BCUT2D eigenvalue weighted by Gasteiger charge is -2.00. The van der Waals surface area contributed by atoms with Crippen molar-refractivity contribution >= 4 is 27.5 Å². The van der Waals surface area contributed by atoms with E-state index in [1.807, 2.05) is 0 Å². The number of fused-ring (bicyclic) bond motifs is 1. The average molecular weight is 313 g/mol. The first-order chi connectivity index (χ1) is 10.7. The van der Waals surface area contributed by atoms with Crippen molar-refractivity contribution in [2.24, 2.45) is 0 Å². The van der Waals surface area contributed by atoms with Crippen LogP contribution in [-0.4, -0.2) is 17.6 Å². The highest BCUT2D eigenvalue weighted by Crippen LogP contribution is 2.32. The lowest BCUT2D eigenvalue weighted by molar-refractivity contribution is 0.0550. The van der Waals surface area contributed by atoms with E-state index in [2.05, 4.69) is 11.6 Å². The van der Waals surface area contributed by atoms with Crippen molar-refractivity contribution in [3.63, 3.8) is 0 Å². The van der Waals surface area contributed by atoms with E-state index in [-0.39, 0.29) is 12.4 Å². The van der Waals surface area contributed by atoms with Crippen LogP contribution in [0.3, 0.4) is 0 Å². The number of aromatic nitrogens is 1. The molecule has 0 aliphatic carbocycles. The maximum atomic E-state index is 13.8. The third-order valence-corrected chi connectivity index (χ3v) is 4.11. The van der Waals surface area contributed by atoms with Crippen LogP contribution >= 0.6 is 11.3 Å². The second kappa shape index (κ2) is 6.07.